The molecule has 28 heavy (non-hydrogen) atoms. The molecule has 2 rings (SSSR count). The summed E-state index contributed by atoms with van der Waals surface area (Å²) in [7, 11) is -3.58. The highest BCUT2D eigenvalue weighted by atomic mass is 35.5. The quantitative estimate of drug-likeness (QED) is 0.739. The van der Waals surface area contributed by atoms with Crippen LogP contribution in [-0.4, -0.2) is 44.5 Å². The van der Waals surface area contributed by atoms with Gasteiger partial charge in [0.1, 0.15) is 6.54 Å². The van der Waals surface area contributed by atoms with Gasteiger partial charge < -0.3 is 10.2 Å². The lowest BCUT2D eigenvalue weighted by Gasteiger charge is -2.22. The number of nitrogens with zero attached hydrogens (tertiary/aromatic N) is 1. The second-order valence-electron chi connectivity index (χ2n) is 6.51. The van der Waals surface area contributed by atoms with E-state index in [4.69, 9.17) is 11.6 Å². The molecule has 0 bridgehead atoms. The fourth-order valence-corrected chi connectivity index (χ4v) is 4.00. The van der Waals surface area contributed by atoms with E-state index in [9.17, 15) is 18.0 Å². The van der Waals surface area contributed by atoms with Gasteiger partial charge >= 0.3 is 0 Å². The summed E-state index contributed by atoms with van der Waals surface area (Å²) in [5.41, 5.74) is 1.77. The summed E-state index contributed by atoms with van der Waals surface area (Å²) in [6, 6.07) is 11.4. The van der Waals surface area contributed by atoms with Crippen molar-refractivity contribution >= 4 is 38.9 Å². The third-order valence-corrected chi connectivity index (χ3v) is 5.69. The molecule has 0 unspecified atom stereocenters. The van der Waals surface area contributed by atoms with E-state index < -0.39 is 15.7 Å². The molecule has 2 aromatic carbocycles. The third-order valence-electron chi connectivity index (χ3n) is 4.11. The number of rotatable bonds is 7. The molecule has 6 nitrogen and oxygen atoms in total. The molecular weight excluding hydrogens is 400 g/mol. The largest absolute Gasteiger partial charge is 0.329 e. The van der Waals surface area contributed by atoms with Crippen LogP contribution in [0.2, 0.25) is 5.02 Å². The lowest BCUT2D eigenvalue weighted by Crippen LogP contribution is -2.38. The predicted molar refractivity (Wildman–Crippen MR) is 111 cm³/mol. The number of anilines is 1. The van der Waals surface area contributed by atoms with Gasteiger partial charge in [-0.05, 0) is 43.2 Å². The number of amides is 2. The Bertz CT molecular complexity index is 989. The van der Waals surface area contributed by atoms with Crippen molar-refractivity contribution < 1.29 is 18.0 Å². The summed E-state index contributed by atoms with van der Waals surface area (Å²) < 4.78 is 23.7. The number of para-hydroxylation sites is 1. The number of carbonyl (C=O) groups is 2. The predicted octanol–water partition coefficient (Wildman–Crippen LogP) is 3.54. The highest BCUT2D eigenvalue weighted by molar-refractivity contribution is 7.90. The molecule has 0 heterocycles. The van der Waals surface area contributed by atoms with Gasteiger partial charge in [0.2, 0.25) is 5.91 Å². The van der Waals surface area contributed by atoms with Crippen molar-refractivity contribution in [2.75, 3.05) is 24.7 Å². The number of hydrogen-bond donors (Lipinski definition) is 1. The topological polar surface area (TPSA) is 83.6 Å². The number of carbonyl (C=O) groups excluding carboxylic acids is 2. The molecule has 1 N–H and O–H groups in total. The molecule has 0 spiro atoms. The maximum Gasteiger partial charge on any atom is 0.254 e. The minimum absolute atomic E-state index is 0.0541. The van der Waals surface area contributed by atoms with Gasteiger partial charge in [0.15, 0.2) is 9.84 Å². The maximum absolute atomic E-state index is 12.9. The van der Waals surface area contributed by atoms with Gasteiger partial charge in [-0.25, -0.2) is 8.42 Å². The smallest absolute Gasteiger partial charge is 0.254 e. The Hall–Kier alpha value is -2.38. The third kappa shape index (κ3) is 5.56. The minimum Gasteiger partial charge on any atom is -0.329 e. The average Bonchev–Trinajstić information content (AvgIpc) is 2.62. The van der Waals surface area contributed by atoms with Crippen LogP contribution in [0.1, 0.15) is 29.3 Å². The molecule has 0 saturated carbocycles. The van der Waals surface area contributed by atoms with Crippen LogP contribution in [0, 0.1) is 6.92 Å². The summed E-state index contributed by atoms with van der Waals surface area (Å²) >= 11 is 5.95. The van der Waals surface area contributed by atoms with Crippen LogP contribution < -0.4 is 5.32 Å². The number of aryl methyl sites for hydroxylation is 1. The Labute approximate surface area is 170 Å². The lowest BCUT2D eigenvalue weighted by molar-refractivity contribution is -0.116. The molecule has 2 aromatic rings. The van der Waals surface area contributed by atoms with Gasteiger partial charge in [-0.2, -0.15) is 0 Å². The monoisotopic (exact) mass is 422 g/mol. The first-order valence-electron chi connectivity index (χ1n) is 8.78. The molecular formula is C20H23ClN2O4S. The Morgan fingerprint density at radius 2 is 1.82 bits per heavy atom. The molecule has 0 aliphatic carbocycles. The van der Waals surface area contributed by atoms with Gasteiger partial charge in [-0.3, -0.25) is 9.59 Å². The maximum atomic E-state index is 12.9. The Morgan fingerprint density at radius 3 is 2.43 bits per heavy atom. The zero-order chi connectivity index (χ0) is 20.9. The number of hydrogen-bond acceptors (Lipinski definition) is 4. The lowest BCUT2D eigenvalue weighted by atomic mass is 10.2. The molecule has 0 aliphatic rings. The molecule has 0 fully saturated rings. The normalized spacial score (nSPS) is 11.1. The Balaban J connectivity index is 2.22. The molecule has 150 valence electrons. The SMILES string of the molecule is CCCN(CC(=O)Nc1ccccc1C)C(=O)c1ccc(Cl)c(S(C)(=O)=O)c1. The van der Waals surface area contributed by atoms with E-state index in [1.807, 2.05) is 32.0 Å². The molecule has 0 atom stereocenters. The van der Waals surface area contributed by atoms with Gasteiger partial charge in [0, 0.05) is 24.1 Å². The van der Waals surface area contributed by atoms with Gasteiger partial charge in [-0.1, -0.05) is 36.7 Å². The van der Waals surface area contributed by atoms with Crippen LogP contribution in [0.15, 0.2) is 47.4 Å². The molecule has 0 saturated heterocycles. The first kappa shape index (κ1) is 21.9. The first-order valence-corrected chi connectivity index (χ1v) is 11.0. The zero-order valence-corrected chi connectivity index (χ0v) is 17.6. The van der Waals surface area contributed by atoms with Crippen LogP contribution in [0.5, 0.6) is 0 Å². The fourth-order valence-electron chi connectivity index (χ4n) is 2.70. The van der Waals surface area contributed by atoms with Crippen molar-refractivity contribution in [3.63, 3.8) is 0 Å². The van der Waals surface area contributed by atoms with Gasteiger partial charge in [-0.15, -0.1) is 0 Å². The van der Waals surface area contributed by atoms with Gasteiger partial charge in [0.05, 0.1) is 9.92 Å². The van der Waals surface area contributed by atoms with E-state index in [2.05, 4.69) is 5.32 Å². The highest BCUT2D eigenvalue weighted by Crippen LogP contribution is 2.23. The molecule has 0 radical (unpaired) electrons. The van der Waals surface area contributed by atoms with Crippen molar-refractivity contribution in [1.82, 2.24) is 4.90 Å². The molecule has 2 amide bonds. The first-order chi connectivity index (χ1) is 13.1. The van der Waals surface area contributed by atoms with Crippen molar-refractivity contribution in [2.45, 2.75) is 25.2 Å². The second kappa shape index (κ2) is 9.21. The Morgan fingerprint density at radius 1 is 1.14 bits per heavy atom. The van der Waals surface area contributed by atoms with Crippen LogP contribution >= 0.6 is 11.6 Å². The van der Waals surface area contributed by atoms with E-state index in [-0.39, 0.29) is 27.9 Å². The van der Waals surface area contributed by atoms with E-state index in [0.29, 0.717) is 18.7 Å². The highest BCUT2D eigenvalue weighted by Gasteiger charge is 2.21. The van der Waals surface area contributed by atoms with Crippen LogP contribution in [0.3, 0.4) is 0 Å². The van der Waals surface area contributed by atoms with Crippen molar-refractivity contribution in [3.8, 4) is 0 Å². The Kier molecular flexibility index (Phi) is 7.21. The number of sulfone groups is 1. The summed E-state index contributed by atoms with van der Waals surface area (Å²) in [4.78, 5) is 26.6. The van der Waals surface area contributed by atoms with Crippen LogP contribution in [0.4, 0.5) is 5.69 Å². The van der Waals surface area contributed by atoms with Crippen molar-refractivity contribution in [3.05, 3.63) is 58.6 Å². The fraction of sp³-hybridized carbons (Fsp3) is 0.300. The summed E-state index contributed by atoms with van der Waals surface area (Å²) in [6.45, 7) is 3.99. The van der Waals surface area contributed by atoms with Gasteiger partial charge in [0.25, 0.3) is 5.91 Å². The van der Waals surface area contributed by atoms with Crippen LogP contribution in [0.25, 0.3) is 0 Å². The number of halogens is 1. The van der Waals surface area contributed by atoms with E-state index in [1.54, 1.807) is 6.07 Å². The number of nitrogens with one attached hydrogen (secondary N) is 1. The molecule has 0 aliphatic heterocycles. The van der Waals surface area contributed by atoms with Crippen molar-refractivity contribution in [2.24, 2.45) is 0 Å². The van der Waals surface area contributed by atoms with E-state index >= 15 is 0 Å². The van der Waals surface area contributed by atoms with E-state index in [0.717, 1.165) is 11.8 Å². The summed E-state index contributed by atoms with van der Waals surface area (Å²) in [6.07, 6.45) is 1.68. The number of benzene rings is 2. The average molecular weight is 423 g/mol. The summed E-state index contributed by atoms with van der Waals surface area (Å²) in [5.74, 6) is -0.753. The van der Waals surface area contributed by atoms with E-state index in [1.165, 1.54) is 23.1 Å². The summed E-state index contributed by atoms with van der Waals surface area (Å²) in [5, 5.41) is 2.85. The van der Waals surface area contributed by atoms with Crippen molar-refractivity contribution in [1.29, 1.82) is 0 Å². The zero-order valence-electron chi connectivity index (χ0n) is 16.0. The second-order valence-corrected chi connectivity index (χ2v) is 8.90. The van der Waals surface area contributed by atoms with Crippen LogP contribution in [-0.2, 0) is 14.6 Å². The standard InChI is InChI=1S/C20H23ClN2O4S/c1-4-11-23(13-19(24)22-17-8-6-5-7-14(17)2)20(25)15-9-10-16(21)18(12-15)28(3,26)27/h5-10,12H,4,11,13H2,1-3H3,(H,22,24). The molecule has 8 heteroatoms. The minimum atomic E-state index is -3.58. The molecule has 0 aromatic heterocycles.